The number of thiophene rings is 1. The predicted molar refractivity (Wildman–Crippen MR) is 118 cm³/mol. The van der Waals surface area contributed by atoms with Crippen molar-refractivity contribution >= 4 is 27.5 Å². The van der Waals surface area contributed by atoms with Gasteiger partial charge in [0.05, 0.1) is 17.6 Å². The van der Waals surface area contributed by atoms with Crippen LogP contribution in [0.1, 0.15) is 53.3 Å². The Bertz CT molecular complexity index is 1130. The van der Waals surface area contributed by atoms with Crippen LogP contribution in [0.3, 0.4) is 0 Å². The van der Waals surface area contributed by atoms with E-state index < -0.39 is 5.97 Å². The highest BCUT2D eigenvalue weighted by molar-refractivity contribution is 7.18. The number of benzene rings is 1. The molecule has 0 radical (unpaired) electrons. The van der Waals surface area contributed by atoms with Crippen molar-refractivity contribution in [2.45, 2.75) is 52.5 Å². The zero-order chi connectivity index (χ0) is 21.3. The molecule has 7 heteroatoms. The molecule has 0 amide bonds. The second kappa shape index (κ2) is 8.60. The Labute approximate surface area is 179 Å². The van der Waals surface area contributed by atoms with E-state index in [9.17, 15) is 9.59 Å². The lowest BCUT2D eigenvalue weighted by Crippen LogP contribution is -2.26. The summed E-state index contributed by atoms with van der Waals surface area (Å²) >= 11 is 1.69. The first-order chi connectivity index (χ1) is 14.5. The van der Waals surface area contributed by atoms with Gasteiger partial charge in [-0.15, -0.1) is 11.3 Å². The molecule has 1 atom stereocenters. The number of hydrogen-bond donors (Lipinski definition) is 1. The van der Waals surface area contributed by atoms with Gasteiger partial charge in [0.15, 0.2) is 0 Å². The van der Waals surface area contributed by atoms with E-state index in [2.05, 4.69) is 6.92 Å². The summed E-state index contributed by atoms with van der Waals surface area (Å²) in [6, 6.07) is 6.35. The lowest BCUT2D eigenvalue weighted by Gasteiger charge is -2.17. The highest BCUT2D eigenvalue weighted by Gasteiger charge is 2.24. The van der Waals surface area contributed by atoms with Crippen LogP contribution in [-0.2, 0) is 25.8 Å². The van der Waals surface area contributed by atoms with E-state index in [1.807, 2.05) is 11.5 Å². The Morgan fingerprint density at radius 3 is 2.80 bits per heavy atom. The third-order valence-electron chi connectivity index (χ3n) is 5.71. The molecule has 6 nitrogen and oxygen atoms in total. The van der Waals surface area contributed by atoms with Crippen LogP contribution < -0.4 is 10.3 Å². The van der Waals surface area contributed by atoms with Crippen LogP contribution in [0.2, 0.25) is 0 Å². The van der Waals surface area contributed by atoms with E-state index in [1.165, 1.54) is 22.6 Å². The van der Waals surface area contributed by atoms with Crippen LogP contribution >= 0.6 is 11.3 Å². The average Bonchev–Trinajstić information content (AvgIpc) is 3.10. The number of aromatic nitrogens is 2. The molecule has 1 aromatic carbocycles. The van der Waals surface area contributed by atoms with Crippen LogP contribution in [0, 0.1) is 5.92 Å². The van der Waals surface area contributed by atoms with Gasteiger partial charge >= 0.3 is 5.97 Å². The maximum absolute atomic E-state index is 13.3. The van der Waals surface area contributed by atoms with Crippen molar-refractivity contribution in [2.24, 2.45) is 5.92 Å². The highest BCUT2D eigenvalue weighted by Crippen LogP contribution is 2.35. The van der Waals surface area contributed by atoms with E-state index in [0.717, 1.165) is 35.3 Å². The van der Waals surface area contributed by atoms with Gasteiger partial charge < -0.3 is 9.84 Å². The fourth-order valence-electron chi connectivity index (χ4n) is 4.07. The summed E-state index contributed by atoms with van der Waals surface area (Å²) < 4.78 is 7.53. The summed E-state index contributed by atoms with van der Waals surface area (Å²) in [6.07, 6.45) is 4.52. The number of hydrogen-bond acceptors (Lipinski definition) is 5. The van der Waals surface area contributed by atoms with Crippen LogP contribution in [0.25, 0.3) is 10.2 Å². The molecule has 30 heavy (non-hydrogen) atoms. The van der Waals surface area contributed by atoms with Crippen LogP contribution in [-0.4, -0.2) is 27.2 Å². The molecule has 1 aliphatic rings. The Hall–Kier alpha value is -2.67. The molecule has 0 aliphatic heterocycles. The third kappa shape index (κ3) is 3.99. The van der Waals surface area contributed by atoms with Gasteiger partial charge in [0, 0.05) is 17.8 Å². The summed E-state index contributed by atoms with van der Waals surface area (Å²) in [5.41, 5.74) is 1.53. The smallest absolute Gasteiger partial charge is 0.335 e. The van der Waals surface area contributed by atoms with E-state index >= 15 is 0 Å². The molecule has 1 N–H and O–H groups in total. The fraction of sp³-hybridized carbons (Fsp3) is 0.435. The van der Waals surface area contributed by atoms with Crippen molar-refractivity contribution in [2.75, 3.05) is 6.61 Å². The summed E-state index contributed by atoms with van der Waals surface area (Å²) in [6.45, 7) is 5.30. The Balaban J connectivity index is 1.50. The summed E-state index contributed by atoms with van der Waals surface area (Å²) in [4.78, 5) is 31.3. The van der Waals surface area contributed by atoms with Gasteiger partial charge in [0.2, 0.25) is 0 Å². The number of nitrogens with zero attached hydrogens (tertiary/aromatic N) is 2. The molecule has 4 rings (SSSR count). The summed E-state index contributed by atoms with van der Waals surface area (Å²) in [5.74, 6) is 1.16. The highest BCUT2D eigenvalue weighted by atomic mass is 32.1. The first-order valence-corrected chi connectivity index (χ1v) is 11.3. The van der Waals surface area contributed by atoms with Gasteiger partial charge in [-0.3, -0.25) is 9.36 Å². The number of fused-ring (bicyclic) bond motifs is 3. The molecular formula is C23H26N2O4S. The molecule has 0 bridgehead atoms. The molecule has 0 fully saturated rings. The molecule has 1 aliphatic carbocycles. The largest absolute Gasteiger partial charge is 0.494 e. The molecule has 2 heterocycles. The number of aromatic carboxylic acids is 1. The van der Waals surface area contributed by atoms with Gasteiger partial charge in [-0.25, -0.2) is 9.78 Å². The molecule has 3 aromatic rings. The molecule has 0 saturated carbocycles. The van der Waals surface area contributed by atoms with Crippen molar-refractivity contribution in [3.63, 3.8) is 0 Å². The number of ether oxygens (including phenoxy) is 1. The normalized spacial score (nSPS) is 15.9. The van der Waals surface area contributed by atoms with E-state index in [4.69, 9.17) is 14.8 Å². The first kappa shape index (κ1) is 20.6. The minimum Gasteiger partial charge on any atom is -0.494 e. The van der Waals surface area contributed by atoms with Gasteiger partial charge in [-0.05, 0) is 61.4 Å². The van der Waals surface area contributed by atoms with Crippen molar-refractivity contribution < 1.29 is 14.6 Å². The Kier molecular flexibility index (Phi) is 5.90. The maximum atomic E-state index is 13.3. The average molecular weight is 427 g/mol. The third-order valence-corrected chi connectivity index (χ3v) is 6.85. The van der Waals surface area contributed by atoms with Gasteiger partial charge in [-0.2, -0.15) is 0 Å². The number of carboxylic acids is 1. The molecule has 158 valence electrons. The number of carbonyl (C=O) groups is 1. The molecule has 1 unspecified atom stereocenters. The van der Waals surface area contributed by atoms with E-state index in [0.29, 0.717) is 37.7 Å². The molecule has 0 saturated heterocycles. The number of rotatable bonds is 7. The Morgan fingerprint density at radius 1 is 1.33 bits per heavy atom. The molecular weight excluding hydrogens is 400 g/mol. The molecule has 2 aromatic heterocycles. The minimum atomic E-state index is -0.957. The monoisotopic (exact) mass is 426 g/mol. The van der Waals surface area contributed by atoms with Crippen molar-refractivity contribution in [3.8, 4) is 5.75 Å². The SMILES string of the molecule is CCc1nc2sc3c(c2c(=O)n1CCCOc1ccc(C(=O)O)cc1)CCC(C)C3. The van der Waals surface area contributed by atoms with Gasteiger partial charge in [0.1, 0.15) is 16.4 Å². The Morgan fingerprint density at radius 2 is 2.10 bits per heavy atom. The standard InChI is InChI=1S/C23H26N2O4S/c1-3-19-24-21-20(17-10-5-14(2)13-18(17)30-21)22(26)25(19)11-4-12-29-16-8-6-15(7-9-16)23(27)28/h6-9,14H,3-5,10-13H2,1-2H3,(H,27,28). The molecule has 0 spiro atoms. The van der Waals surface area contributed by atoms with Crippen molar-refractivity contribution in [1.82, 2.24) is 9.55 Å². The van der Waals surface area contributed by atoms with E-state index in [1.54, 1.807) is 23.5 Å². The maximum Gasteiger partial charge on any atom is 0.335 e. The van der Waals surface area contributed by atoms with Gasteiger partial charge in [-0.1, -0.05) is 13.8 Å². The van der Waals surface area contributed by atoms with Crippen LogP contribution in [0.4, 0.5) is 0 Å². The lowest BCUT2D eigenvalue weighted by atomic mass is 9.89. The topological polar surface area (TPSA) is 81.4 Å². The second-order valence-electron chi connectivity index (χ2n) is 7.90. The second-order valence-corrected chi connectivity index (χ2v) is 8.99. The lowest BCUT2D eigenvalue weighted by molar-refractivity contribution is 0.0697. The number of aryl methyl sites for hydroxylation is 2. The quantitative estimate of drug-likeness (QED) is 0.569. The summed E-state index contributed by atoms with van der Waals surface area (Å²) in [7, 11) is 0. The van der Waals surface area contributed by atoms with Crippen LogP contribution in [0.5, 0.6) is 5.75 Å². The van der Waals surface area contributed by atoms with E-state index in [-0.39, 0.29) is 11.1 Å². The number of carboxylic acid groups (broad SMARTS) is 1. The first-order valence-electron chi connectivity index (χ1n) is 10.5. The zero-order valence-electron chi connectivity index (χ0n) is 17.3. The van der Waals surface area contributed by atoms with Crippen LogP contribution in [0.15, 0.2) is 29.1 Å². The van der Waals surface area contributed by atoms with Crippen molar-refractivity contribution in [3.05, 3.63) is 56.4 Å². The van der Waals surface area contributed by atoms with Gasteiger partial charge in [0.25, 0.3) is 5.56 Å². The minimum absolute atomic E-state index is 0.0784. The zero-order valence-corrected chi connectivity index (χ0v) is 18.1. The van der Waals surface area contributed by atoms with Crippen molar-refractivity contribution in [1.29, 1.82) is 0 Å². The fourth-order valence-corrected chi connectivity index (χ4v) is 5.46. The predicted octanol–water partition coefficient (Wildman–Crippen LogP) is 4.31. The summed E-state index contributed by atoms with van der Waals surface area (Å²) in [5, 5.41) is 9.78.